The zero-order valence-corrected chi connectivity index (χ0v) is 14.8. The summed E-state index contributed by atoms with van der Waals surface area (Å²) in [6.07, 6.45) is 1.98. The Hall–Kier alpha value is -2.62. The quantitative estimate of drug-likeness (QED) is 0.925. The maximum atomic E-state index is 12.7. The lowest BCUT2D eigenvalue weighted by atomic mass is 9.90. The third kappa shape index (κ3) is 3.73. The van der Waals surface area contributed by atoms with E-state index in [1.807, 2.05) is 47.4 Å². The van der Waals surface area contributed by atoms with E-state index in [1.54, 1.807) is 6.92 Å². The van der Waals surface area contributed by atoms with Gasteiger partial charge in [-0.2, -0.15) is 0 Å². The van der Waals surface area contributed by atoms with Crippen LogP contribution < -0.4 is 5.32 Å². The van der Waals surface area contributed by atoms with Crippen molar-refractivity contribution in [3.05, 3.63) is 65.2 Å². The second kappa shape index (κ2) is 7.51. The molecule has 1 aliphatic rings. The van der Waals surface area contributed by atoms with Crippen molar-refractivity contribution in [3.63, 3.8) is 0 Å². The molecular formula is C21H24N2O2. The highest BCUT2D eigenvalue weighted by Crippen LogP contribution is 2.32. The number of benzene rings is 2. The Labute approximate surface area is 148 Å². The number of nitrogens with zero attached hydrogens (tertiary/aromatic N) is 1. The van der Waals surface area contributed by atoms with Gasteiger partial charge in [0.2, 0.25) is 11.8 Å². The molecule has 4 heteroatoms. The van der Waals surface area contributed by atoms with E-state index in [0.29, 0.717) is 6.54 Å². The lowest BCUT2D eigenvalue weighted by Gasteiger charge is -2.36. The molecule has 4 nitrogen and oxygen atoms in total. The highest BCUT2D eigenvalue weighted by molar-refractivity contribution is 5.92. The summed E-state index contributed by atoms with van der Waals surface area (Å²) in [6, 6.07) is 15.7. The van der Waals surface area contributed by atoms with Crippen LogP contribution in [0.4, 0.5) is 5.69 Å². The fourth-order valence-corrected chi connectivity index (χ4v) is 3.58. The summed E-state index contributed by atoms with van der Waals surface area (Å²) in [7, 11) is 0. The first-order chi connectivity index (χ1) is 12.1. The number of hydrogen-bond acceptors (Lipinski definition) is 2. The summed E-state index contributed by atoms with van der Waals surface area (Å²) in [6.45, 7) is 4.31. The van der Waals surface area contributed by atoms with Crippen LogP contribution >= 0.6 is 0 Å². The van der Waals surface area contributed by atoms with E-state index in [1.165, 1.54) is 5.56 Å². The van der Waals surface area contributed by atoms with E-state index in [9.17, 15) is 9.59 Å². The fourth-order valence-electron chi connectivity index (χ4n) is 3.58. The average molecular weight is 336 g/mol. The lowest BCUT2D eigenvalue weighted by molar-refractivity contribution is -0.132. The number of fused-ring (bicyclic) bond motifs is 1. The minimum atomic E-state index is -0.198. The largest absolute Gasteiger partial charge is 0.335 e. The molecule has 0 radical (unpaired) electrons. The van der Waals surface area contributed by atoms with E-state index in [4.69, 9.17) is 0 Å². The Balaban J connectivity index is 1.81. The molecule has 2 amide bonds. The van der Waals surface area contributed by atoms with Crippen LogP contribution in [0.5, 0.6) is 0 Å². The van der Waals surface area contributed by atoms with Crippen LogP contribution in [-0.4, -0.2) is 23.3 Å². The molecule has 0 bridgehead atoms. The molecule has 2 aromatic carbocycles. The average Bonchev–Trinajstić information content (AvgIpc) is 2.62. The van der Waals surface area contributed by atoms with Gasteiger partial charge in [-0.1, -0.05) is 49.4 Å². The van der Waals surface area contributed by atoms with E-state index in [2.05, 4.69) is 18.3 Å². The maximum Gasteiger partial charge on any atom is 0.226 e. The Morgan fingerprint density at radius 3 is 2.60 bits per heavy atom. The number of para-hydroxylation sites is 1. The minimum absolute atomic E-state index is 0.0151. The molecule has 0 saturated carbocycles. The van der Waals surface area contributed by atoms with Gasteiger partial charge in [0.05, 0.1) is 12.5 Å². The summed E-state index contributed by atoms with van der Waals surface area (Å²) in [5.74, 6) is -0.0462. The van der Waals surface area contributed by atoms with Crippen LogP contribution in [0.3, 0.4) is 0 Å². The number of anilines is 1. The smallest absolute Gasteiger partial charge is 0.226 e. The third-order valence-electron chi connectivity index (χ3n) is 4.87. The molecule has 1 N–H and O–H groups in total. The molecule has 0 aromatic heterocycles. The van der Waals surface area contributed by atoms with Gasteiger partial charge in [0.15, 0.2) is 0 Å². The molecule has 1 aliphatic heterocycles. The maximum absolute atomic E-state index is 12.7. The zero-order chi connectivity index (χ0) is 17.8. The summed E-state index contributed by atoms with van der Waals surface area (Å²) >= 11 is 0. The first kappa shape index (κ1) is 17.2. The van der Waals surface area contributed by atoms with Crippen LogP contribution in [0.25, 0.3) is 0 Å². The van der Waals surface area contributed by atoms with Crippen LogP contribution in [0, 0.1) is 0 Å². The van der Waals surface area contributed by atoms with Crippen molar-refractivity contribution in [1.29, 1.82) is 0 Å². The van der Waals surface area contributed by atoms with Gasteiger partial charge in [0.1, 0.15) is 0 Å². The zero-order valence-electron chi connectivity index (χ0n) is 14.8. The number of carbonyl (C=O) groups is 2. The Kier molecular flexibility index (Phi) is 5.17. The topological polar surface area (TPSA) is 49.4 Å². The monoisotopic (exact) mass is 336 g/mol. The third-order valence-corrected chi connectivity index (χ3v) is 4.87. The first-order valence-corrected chi connectivity index (χ1v) is 8.83. The first-order valence-electron chi connectivity index (χ1n) is 8.83. The molecule has 0 fully saturated rings. The summed E-state index contributed by atoms with van der Waals surface area (Å²) < 4.78 is 0. The summed E-state index contributed by atoms with van der Waals surface area (Å²) in [5.41, 5.74) is 4.28. The number of hydrogen-bond donors (Lipinski definition) is 1. The molecule has 2 aromatic rings. The number of carbonyl (C=O) groups excluding carboxylic acids is 2. The summed E-state index contributed by atoms with van der Waals surface area (Å²) in [4.78, 5) is 26.5. The standard InChI is InChI=1S/C21H24N2O2/c1-3-16-8-5-7-11-19(16)22-21(25)14-20-18-10-6-4-9-17(18)12-13-23(20)15(2)24/h4-11,20H,3,12-14H2,1-2H3,(H,22,25). The molecule has 0 spiro atoms. The Morgan fingerprint density at radius 1 is 1.12 bits per heavy atom. The molecule has 25 heavy (non-hydrogen) atoms. The van der Waals surface area contributed by atoms with Gasteiger partial charge in [0, 0.05) is 19.2 Å². The lowest BCUT2D eigenvalue weighted by Crippen LogP contribution is -2.40. The Morgan fingerprint density at radius 2 is 1.84 bits per heavy atom. The molecule has 1 atom stereocenters. The highest BCUT2D eigenvalue weighted by Gasteiger charge is 2.30. The number of amides is 2. The predicted octanol–water partition coefficient (Wildman–Crippen LogP) is 3.72. The van der Waals surface area contributed by atoms with Gasteiger partial charge < -0.3 is 10.2 Å². The van der Waals surface area contributed by atoms with Crippen molar-refractivity contribution in [2.24, 2.45) is 0 Å². The van der Waals surface area contributed by atoms with Gasteiger partial charge >= 0.3 is 0 Å². The summed E-state index contributed by atoms with van der Waals surface area (Å²) in [5, 5.41) is 3.02. The van der Waals surface area contributed by atoms with E-state index in [-0.39, 0.29) is 24.3 Å². The van der Waals surface area contributed by atoms with Crippen LogP contribution in [0.2, 0.25) is 0 Å². The normalized spacial score (nSPS) is 16.2. The van der Waals surface area contributed by atoms with E-state index < -0.39 is 0 Å². The van der Waals surface area contributed by atoms with Crippen molar-refractivity contribution in [2.75, 3.05) is 11.9 Å². The van der Waals surface area contributed by atoms with Crippen LogP contribution in [0.15, 0.2) is 48.5 Å². The van der Waals surface area contributed by atoms with Crippen molar-refractivity contribution < 1.29 is 9.59 Å². The molecule has 3 rings (SSSR count). The van der Waals surface area contributed by atoms with E-state index >= 15 is 0 Å². The van der Waals surface area contributed by atoms with Gasteiger partial charge in [-0.25, -0.2) is 0 Å². The Bertz CT molecular complexity index is 785. The fraction of sp³-hybridized carbons (Fsp3) is 0.333. The highest BCUT2D eigenvalue weighted by atomic mass is 16.2. The van der Waals surface area contributed by atoms with Crippen molar-refractivity contribution in [3.8, 4) is 0 Å². The van der Waals surface area contributed by atoms with Gasteiger partial charge in [-0.15, -0.1) is 0 Å². The second-order valence-corrected chi connectivity index (χ2v) is 6.44. The molecule has 0 saturated heterocycles. The van der Waals surface area contributed by atoms with Crippen LogP contribution in [-0.2, 0) is 22.4 Å². The van der Waals surface area contributed by atoms with Gasteiger partial charge in [-0.05, 0) is 35.6 Å². The number of nitrogens with one attached hydrogen (secondary N) is 1. The van der Waals surface area contributed by atoms with Crippen LogP contribution in [0.1, 0.15) is 43.0 Å². The van der Waals surface area contributed by atoms with Crippen molar-refractivity contribution in [2.45, 2.75) is 39.2 Å². The molecule has 1 heterocycles. The minimum Gasteiger partial charge on any atom is -0.335 e. The predicted molar refractivity (Wildman–Crippen MR) is 99.3 cm³/mol. The number of aryl methyl sites for hydroxylation is 1. The molecule has 0 aliphatic carbocycles. The molecular weight excluding hydrogens is 312 g/mol. The van der Waals surface area contributed by atoms with Gasteiger partial charge in [0.25, 0.3) is 0 Å². The number of rotatable bonds is 4. The van der Waals surface area contributed by atoms with E-state index in [0.717, 1.165) is 29.7 Å². The van der Waals surface area contributed by atoms with Crippen molar-refractivity contribution >= 4 is 17.5 Å². The SMILES string of the molecule is CCc1ccccc1NC(=O)CC1c2ccccc2CCN1C(C)=O. The molecule has 1 unspecified atom stereocenters. The van der Waals surface area contributed by atoms with Gasteiger partial charge in [-0.3, -0.25) is 9.59 Å². The van der Waals surface area contributed by atoms with Crippen molar-refractivity contribution in [1.82, 2.24) is 4.90 Å². The second-order valence-electron chi connectivity index (χ2n) is 6.44. The molecule has 130 valence electrons.